The minimum Gasteiger partial charge on any atom is -0.385 e. The predicted octanol–water partition coefficient (Wildman–Crippen LogP) is 5.85. The summed E-state index contributed by atoms with van der Waals surface area (Å²) < 4.78 is 1.27. The number of fused-ring (bicyclic) bond motifs is 1. The van der Waals surface area contributed by atoms with Gasteiger partial charge in [-0.2, -0.15) is 0 Å². The number of aromatic nitrogens is 1. The molecule has 0 spiro atoms. The van der Waals surface area contributed by atoms with Crippen molar-refractivity contribution in [2.24, 2.45) is 0 Å². The number of nitrogens with zero attached hydrogens (tertiary/aromatic N) is 1. The van der Waals surface area contributed by atoms with Crippen LogP contribution in [-0.4, -0.2) is 11.5 Å². The number of hydrogen-bond donors (Lipinski definition) is 1. The minimum atomic E-state index is 1.08. The van der Waals surface area contributed by atoms with Crippen LogP contribution in [0.4, 0.5) is 5.69 Å². The molecular weight excluding hydrogens is 264 g/mol. The molecule has 0 fully saturated rings. The summed E-state index contributed by atoms with van der Waals surface area (Å²) in [4.78, 5) is 4.30. The molecule has 3 heteroatoms. The molecule has 0 amide bonds. The lowest BCUT2D eigenvalue weighted by atomic mass is 10.1. The van der Waals surface area contributed by atoms with Gasteiger partial charge in [-0.05, 0) is 24.6 Å². The van der Waals surface area contributed by atoms with Gasteiger partial charge in [-0.3, -0.25) is 0 Å². The highest BCUT2D eigenvalue weighted by molar-refractivity contribution is 7.16. The van der Waals surface area contributed by atoms with Crippen LogP contribution in [0.5, 0.6) is 0 Å². The predicted molar refractivity (Wildman–Crippen MR) is 90.7 cm³/mol. The van der Waals surface area contributed by atoms with E-state index in [9.17, 15) is 0 Å². The van der Waals surface area contributed by atoms with Gasteiger partial charge in [0, 0.05) is 12.2 Å². The van der Waals surface area contributed by atoms with E-state index in [2.05, 4.69) is 35.4 Å². The van der Waals surface area contributed by atoms with Crippen LogP contribution in [0.3, 0.4) is 0 Å². The number of thiazole rings is 1. The Balaban J connectivity index is 1.54. The van der Waals surface area contributed by atoms with Gasteiger partial charge in [0.2, 0.25) is 0 Å². The van der Waals surface area contributed by atoms with E-state index in [1.165, 1.54) is 61.8 Å². The first-order chi connectivity index (χ1) is 9.90. The third-order valence-corrected chi connectivity index (χ3v) is 4.48. The largest absolute Gasteiger partial charge is 0.385 e. The van der Waals surface area contributed by atoms with Crippen molar-refractivity contribution in [2.75, 3.05) is 11.9 Å². The Morgan fingerprint density at radius 3 is 2.55 bits per heavy atom. The lowest BCUT2D eigenvalue weighted by molar-refractivity contribution is 0.581. The van der Waals surface area contributed by atoms with Gasteiger partial charge in [-0.25, -0.2) is 4.98 Å². The third kappa shape index (κ3) is 5.12. The van der Waals surface area contributed by atoms with Gasteiger partial charge in [0.05, 0.1) is 15.7 Å². The molecule has 110 valence electrons. The first kappa shape index (κ1) is 15.3. The maximum Gasteiger partial charge on any atom is 0.0813 e. The molecule has 1 N–H and O–H groups in total. The topological polar surface area (TPSA) is 24.9 Å². The molecule has 0 saturated heterocycles. The van der Waals surface area contributed by atoms with Crippen LogP contribution >= 0.6 is 11.3 Å². The number of nitrogens with one attached hydrogen (secondary N) is 1. The molecule has 20 heavy (non-hydrogen) atoms. The molecule has 0 unspecified atom stereocenters. The highest BCUT2D eigenvalue weighted by Crippen LogP contribution is 2.21. The molecule has 0 saturated carbocycles. The van der Waals surface area contributed by atoms with Crippen molar-refractivity contribution in [1.29, 1.82) is 0 Å². The molecule has 0 bridgehead atoms. The van der Waals surface area contributed by atoms with Crippen molar-refractivity contribution in [1.82, 2.24) is 4.98 Å². The van der Waals surface area contributed by atoms with Crippen LogP contribution < -0.4 is 5.32 Å². The normalized spacial score (nSPS) is 11.1. The molecule has 0 aliphatic rings. The summed E-state index contributed by atoms with van der Waals surface area (Å²) in [6, 6.07) is 6.44. The minimum absolute atomic E-state index is 1.08. The van der Waals surface area contributed by atoms with Crippen molar-refractivity contribution in [2.45, 2.75) is 58.3 Å². The molecule has 1 aromatic heterocycles. The number of rotatable bonds is 10. The first-order valence-corrected chi connectivity index (χ1v) is 8.85. The summed E-state index contributed by atoms with van der Waals surface area (Å²) in [6.45, 7) is 3.36. The zero-order chi connectivity index (χ0) is 14.0. The molecule has 0 radical (unpaired) electrons. The summed E-state index contributed by atoms with van der Waals surface area (Å²) in [7, 11) is 0. The molecule has 0 aliphatic carbocycles. The van der Waals surface area contributed by atoms with Gasteiger partial charge in [-0.1, -0.05) is 51.9 Å². The van der Waals surface area contributed by atoms with Crippen molar-refractivity contribution in [3.05, 3.63) is 23.7 Å². The maximum atomic E-state index is 4.30. The van der Waals surface area contributed by atoms with E-state index in [-0.39, 0.29) is 0 Å². The fourth-order valence-corrected chi connectivity index (χ4v) is 3.17. The second-order valence-electron chi connectivity index (χ2n) is 5.44. The van der Waals surface area contributed by atoms with Crippen LogP contribution in [0, 0.1) is 0 Å². The van der Waals surface area contributed by atoms with Gasteiger partial charge in [-0.15, -0.1) is 11.3 Å². The molecule has 2 nitrogen and oxygen atoms in total. The summed E-state index contributed by atoms with van der Waals surface area (Å²) in [5, 5.41) is 3.52. The summed E-state index contributed by atoms with van der Waals surface area (Å²) >= 11 is 1.71. The lowest BCUT2D eigenvalue weighted by Gasteiger charge is -2.06. The van der Waals surface area contributed by atoms with Gasteiger partial charge < -0.3 is 5.32 Å². The Morgan fingerprint density at radius 1 is 1.00 bits per heavy atom. The highest BCUT2D eigenvalue weighted by atomic mass is 32.1. The molecular formula is C17H26N2S. The Kier molecular flexibility index (Phi) is 6.85. The van der Waals surface area contributed by atoms with Crippen molar-refractivity contribution in [3.8, 4) is 0 Å². The van der Waals surface area contributed by atoms with Crippen molar-refractivity contribution >= 4 is 27.2 Å². The van der Waals surface area contributed by atoms with E-state index < -0.39 is 0 Å². The number of anilines is 1. The van der Waals surface area contributed by atoms with Crippen LogP contribution in [-0.2, 0) is 0 Å². The van der Waals surface area contributed by atoms with E-state index in [0.29, 0.717) is 0 Å². The Bertz CT molecular complexity index is 492. The van der Waals surface area contributed by atoms with Gasteiger partial charge in [0.1, 0.15) is 0 Å². The molecule has 0 atom stereocenters. The van der Waals surface area contributed by atoms with Crippen LogP contribution in [0.25, 0.3) is 10.2 Å². The average molecular weight is 290 g/mol. The van der Waals surface area contributed by atoms with E-state index in [4.69, 9.17) is 0 Å². The molecule has 0 aliphatic heterocycles. The second-order valence-corrected chi connectivity index (χ2v) is 6.32. The quantitative estimate of drug-likeness (QED) is 0.555. The summed E-state index contributed by atoms with van der Waals surface area (Å²) in [5.41, 5.74) is 4.24. The van der Waals surface area contributed by atoms with Crippen LogP contribution in [0.1, 0.15) is 58.3 Å². The standard InChI is InChI=1S/C17H26N2S/c1-2-3-4-5-6-7-8-9-12-18-15-10-11-16-17(13-15)20-14-19-16/h10-11,13-14,18H,2-9,12H2,1H3. The fraction of sp³-hybridized carbons (Fsp3) is 0.588. The van der Waals surface area contributed by atoms with E-state index >= 15 is 0 Å². The molecule has 1 aromatic carbocycles. The maximum absolute atomic E-state index is 4.30. The summed E-state index contributed by atoms with van der Waals surface area (Å²) in [5.74, 6) is 0. The summed E-state index contributed by atoms with van der Waals surface area (Å²) in [6.07, 6.45) is 11.0. The van der Waals surface area contributed by atoms with E-state index in [1.807, 2.05) is 5.51 Å². The monoisotopic (exact) mass is 290 g/mol. The third-order valence-electron chi connectivity index (χ3n) is 3.69. The Hall–Kier alpha value is -1.09. The van der Waals surface area contributed by atoms with Gasteiger partial charge in [0.25, 0.3) is 0 Å². The molecule has 2 aromatic rings. The lowest BCUT2D eigenvalue weighted by Crippen LogP contribution is -2.00. The second kappa shape index (κ2) is 8.96. The van der Waals surface area contributed by atoms with E-state index in [1.54, 1.807) is 11.3 Å². The van der Waals surface area contributed by atoms with Crippen LogP contribution in [0.15, 0.2) is 23.7 Å². The van der Waals surface area contributed by atoms with Gasteiger partial charge >= 0.3 is 0 Å². The number of unbranched alkanes of at least 4 members (excludes halogenated alkanes) is 7. The number of hydrogen-bond acceptors (Lipinski definition) is 3. The highest BCUT2D eigenvalue weighted by Gasteiger charge is 1.98. The molecule has 2 rings (SSSR count). The zero-order valence-electron chi connectivity index (χ0n) is 12.5. The van der Waals surface area contributed by atoms with Crippen LogP contribution in [0.2, 0.25) is 0 Å². The van der Waals surface area contributed by atoms with Crippen molar-refractivity contribution in [3.63, 3.8) is 0 Å². The fourth-order valence-electron chi connectivity index (χ4n) is 2.46. The number of benzene rings is 1. The SMILES string of the molecule is CCCCCCCCCCNc1ccc2ncsc2c1. The first-order valence-electron chi connectivity index (χ1n) is 7.97. The van der Waals surface area contributed by atoms with Crippen molar-refractivity contribution < 1.29 is 0 Å². The average Bonchev–Trinajstić information content (AvgIpc) is 2.93. The Morgan fingerprint density at radius 2 is 1.75 bits per heavy atom. The van der Waals surface area contributed by atoms with Gasteiger partial charge in [0.15, 0.2) is 0 Å². The zero-order valence-corrected chi connectivity index (χ0v) is 13.3. The Labute approximate surface area is 126 Å². The smallest absolute Gasteiger partial charge is 0.0813 e. The molecule has 1 heterocycles. The van der Waals surface area contributed by atoms with E-state index in [0.717, 1.165) is 12.1 Å².